The molecule has 0 unspecified atom stereocenters. The van der Waals surface area contributed by atoms with E-state index in [2.05, 4.69) is 26.3 Å². The molecule has 3 rings (SSSR count). The number of benzene rings is 1. The molecule has 0 aliphatic carbocycles. The zero-order chi connectivity index (χ0) is 21.9. The number of rotatable bonds is 6. The first-order valence-corrected chi connectivity index (χ1v) is 9.61. The molecule has 0 spiro atoms. The lowest BCUT2D eigenvalue weighted by atomic mass is 10.2. The number of hydrogen-bond donors (Lipinski definition) is 4. The third-order valence-electron chi connectivity index (χ3n) is 4.16. The summed E-state index contributed by atoms with van der Waals surface area (Å²) >= 11 is 6.23. The Labute approximate surface area is 179 Å². The predicted octanol–water partition coefficient (Wildman–Crippen LogP) is 2.43. The first-order chi connectivity index (χ1) is 14.4. The van der Waals surface area contributed by atoms with Crippen LogP contribution in [0, 0.1) is 0 Å². The first kappa shape index (κ1) is 23.3. The van der Waals surface area contributed by atoms with Crippen LogP contribution in [0.1, 0.15) is 24.6 Å². The molecule has 0 radical (unpaired) electrons. The molecule has 1 fully saturated rings. The Morgan fingerprint density at radius 3 is 2.67 bits per heavy atom. The van der Waals surface area contributed by atoms with Crippen LogP contribution in [0.4, 0.5) is 5.82 Å². The maximum absolute atomic E-state index is 10.9. The summed E-state index contributed by atoms with van der Waals surface area (Å²) in [6, 6.07) is 8.21. The maximum atomic E-state index is 10.9. The number of anilines is 1. The fraction of sp³-hybridized carbons (Fsp3) is 0.300. The molecule has 4 N–H and O–H groups in total. The predicted molar refractivity (Wildman–Crippen MR) is 113 cm³/mol. The quantitative estimate of drug-likeness (QED) is 0.310. The highest BCUT2D eigenvalue weighted by Crippen LogP contribution is 2.21. The molecular weight excluding hydrogens is 410 g/mol. The lowest BCUT2D eigenvalue weighted by molar-refractivity contribution is -0.134. The van der Waals surface area contributed by atoms with E-state index in [4.69, 9.17) is 26.7 Å². The summed E-state index contributed by atoms with van der Waals surface area (Å²) in [7, 11) is 0. The average Bonchev–Trinajstić information content (AvgIpc) is 3.15. The van der Waals surface area contributed by atoms with Crippen LogP contribution < -0.4 is 10.8 Å². The summed E-state index contributed by atoms with van der Waals surface area (Å²) in [5, 5.41) is 20.0. The standard InChI is InChI=1S/C18H20ClN5O2.C2H4O2/c19-16-4-2-1-3-13(16)11-24-8-7-15(12-24)22-17-10-20-14(9-21-17)5-6-18(25)23-26;1-2(3)4/h1-6,9-10,15,26H,7-8,11-12H2,(H,21,22)(H,23,25);1H3,(H,3,4)/b6-5+;/t15-;/m1./s1. The summed E-state index contributed by atoms with van der Waals surface area (Å²) in [5.74, 6) is -0.753. The van der Waals surface area contributed by atoms with E-state index >= 15 is 0 Å². The molecule has 1 aliphatic rings. The third-order valence-corrected chi connectivity index (χ3v) is 4.53. The summed E-state index contributed by atoms with van der Waals surface area (Å²) in [5.41, 5.74) is 3.19. The number of likely N-dealkylation sites (tertiary alicyclic amines) is 1. The summed E-state index contributed by atoms with van der Waals surface area (Å²) in [6.07, 6.45) is 6.88. The number of nitrogens with zero attached hydrogens (tertiary/aromatic N) is 3. The maximum Gasteiger partial charge on any atom is 0.300 e. The first-order valence-electron chi connectivity index (χ1n) is 9.23. The fourth-order valence-corrected chi connectivity index (χ4v) is 3.06. The zero-order valence-electron chi connectivity index (χ0n) is 16.5. The Hall–Kier alpha value is -3.01. The summed E-state index contributed by atoms with van der Waals surface area (Å²) < 4.78 is 0. The largest absolute Gasteiger partial charge is 0.481 e. The van der Waals surface area contributed by atoms with Gasteiger partial charge in [-0.3, -0.25) is 24.7 Å². The van der Waals surface area contributed by atoms with E-state index in [1.165, 1.54) is 17.6 Å². The number of amides is 1. The Bertz CT molecular complexity index is 872. The molecule has 1 aliphatic heterocycles. The van der Waals surface area contributed by atoms with Crippen molar-refractivity contribution in [3.8, 4) is 0 Å². The fourth-order valence-electron chi connectivity index (χ4n) is 2.87. The minimum absolute atomic E-state index is 0.299. The topological polar surface area (TPSA) is 128 Å². The van der Waals surface area contributed by atoms with Crippen molar-refractivity contribution in [2.45, 2.75) is 25.9 Å². The minimum Gasteiger partial charge on any atom is -0.481 e. The minimum atomic E-state index is -0.833. The van der Waals surface area contributed by atoms with E-state index in [0.29, 0.717) is 17.6 Å². The van der Waals surface area contributed by atoms with Crippen LogP contribution in [-0.4, -0.2) is 56.2 Å². The van der Waals surface area contributed by atoms with Gasteiger partial charge in [0.2, 0.25) is 0 Å². The van der Waals surface area contributed by atoms with Gasteiger partial charge in [0, 0.05) is 43.7 Å². The number of hydrogen-bond acceptors (Lipinski definition) is 7. The van der Waals surface area contributed by atoms with Crippen LogP contribution in [0.25, 0.3) is 6.08 Å². The van der Waals surface area contributed by atoms with E-state index in [9.17, 15) is 4.79 Å². The second kappa shape index (κ2) is 11.9. The lowest BCUT2D eigenvalue weighted by Gasteiger charge is -2.17. The van der Waals surface area contributed by atoms with Crippen LogP contribution in [-0.2, 0) is 16.1 Å². The van der Waals surface area contributed by atoms with Gasteiger partial charge in [-0.1, -0.05) is 29.8 Å². The average molecular weight is 434 g/mol. The summed E-state index contributed by atoms with van der Waals surface area (Å²) in [4.78, 5) is 30.8. The molecule has 0 saturated carbocycles. The molecule has 160 valence electrons. The number of carbonyl (C=O) groups is 2. The molecule has 2 aromatic rings. The van der Waals surface area contributed by atoms with Gasteiger partial charge in [-0.25, -0.2) is 10.5 Å². The number of nitrogens with one attached hydrogen (secondary N) is 2. The highest BCUT2D eigenvalue weighted by molar-refractivity contribution is 6.31. The Morgan fingerprint density at radius 2 is 2.03 bits per heavy atom. The van der Waals surface area contributed by atoms with E-state index in [-0.39, 0.29) is 0 Å². The number of carboxylic acid groups (broad SMARTS) is 1. The molecule has 1 aromatic heterocycles. The zero-order valence-corrected chi connectivity index (χ0v) is 17.2. The number of halogens is 1. The Kier molecular flexibility index (Phi) is 9.20. The molecule has 30 heavy (non-hydrogen) atoms. The van der Waals surface area contributed by atoms with Gasteiger partial charge in [0.25, 0.3) is 11.9 Å². The van der Waals surface area contributed by atoms with Crippen LogP contribution in [0.5, 0.6) is 0 Å². The summed E-state index contributed by atoms with van der Waals surface area (Å²) in [6.45, 7) is 3.82. The van der Waals surface area contributed by atoms with Gasteiger partial charge < -0.3 is 10.4 Å². The van der Waals surface area contributed by atoms with Crippen molar-refractivity contribution >= 4 is 35.4 Å². The lowest BCUT2D eigenvalue weighted by Crippen LogP contribution is -2.26. The normalized spacial score (nSPS) is 16.0. The Morgan fingerprint density at radius 1 is 1.30 bits per heavy atom. The van der Waals surface area contributed by atoms with Crippen molar-refractivity contribution < 1.29 is 19.9 Å². The van der Waals surface area contributed by atoms with Crippen molar-refractivity contribution in [1.82, 2.24) is 20.3 Å². The molecule has 2 heterocycles. The van der Waals surface area contributed by atoms with E-state index in [1.54, 1.807) is 12.4 Å². The molecule has 10 heteroatoms. The van der Waals surface area contributed by atoms with Crippen molar-refractivity contribution in [3.05, 3.63) is 59.0 Å². The van der Waals surface area contributed by atoms with Crippen LogP contribution in [0.2, 0.25) is 5.02 Å². The van der Waals surface area contributed by atoms with Crippen molar-refractivity contribution in [1.29, 1.82) is 0 Å². The second-order valence-corrected chi connectivity index (χ2v) is 7.02. The van der Waals surface area contributed by atoms with Crippen molar-refractivity contribution in [2.75, 3.05) is 18.4 Å². The van der Waals surface area contributed by atoms with Gasteiger partial charge in [-0.2, -0.15) is 0 Å². The molecule has 1 amide bonds. The van der Waals surface area contributed by atoms with E-state index in [1.807, 2.05) is 18.2 Å². The molecule has 9 nitrogen and oxygen atoms in total. The number of carboxylic acids is 1. The van der Waals surface area contributed by atoms with Gasteiger partial charge in [-0.15, -0.1) is 0 Å². The number of aromatic nitrogens is 2. The van der Waals surface area contributed by atoms with Gasteiger partial charge >= 0.3 is 0 Å². The van der Waals surface area contributed by atoms with Gasteiger partial charge in [-0.05, 0) is 24.1 Å². The van der Waals surface area contributed by atoms with Gasteiger partial charge in [0.1, 0.15) is 5.82 Å². The van der Waals surface area contributed by atoms with Crippen LogP contribution >= 0.6 is 11.6 Å². The third kappa shape index (κ3) is 8.16. The monoisotopic (exact) mass is 433 g/mol. The number of carbonyl (C=O) groups excluding carboxylic acids is 1. The number of aliphatic carboxylic acids is 1. The number of hydroxylamine groups is 1. The SMILES string of the molecule is CC(=O)O.O=C(/C=C/c1cnc(N[C@@H]2CCN(Cc3ccccc3Cl)C2)cn1)NO. The van der Waals surface area contributed by atoms with Crippen LogP contribution in [0.3, 0.4) is 0 Å². The second-order valence-electron chi connectivity index (χ2n) is 6.61. The molecule has 1 aromatic carbocycles. The smallest absolute Gasteiger partial charge is 0.300 e. The van der Waals surface area contributed by atoms with E-state index < -0.39 is 11.9 Å². The highest BCUT2D eigenvalue weighted by Gasteiger charge is 2.23. The van der Waals surface area contributed by atoms with Crippen molar-refractivity contribution in [3.63, 3.8) is 0 Å². The highest BCUT2D eigenvalue weighted by atomic mass is 35.5. The van der Waals surface area contributed by atoms with E-state index in [0.717, 1.165) is 43.6 Å². The molecule has 0 bridgehead atoms. The van der Waals surface area contributed by atoms with Crippen LogP contribution in [0.15, 0.2) is 42.7 Å². The van der Waals surface area contributed by atoms with Gasteiger partial charge in [0.15, 0.2) is 0 Å². The molecule has 1 saturated heterocycles. The van der Waals surface area contributed by atoms with Gasteiger partial charge in [0.05, 0.1) is 18.1 Å². The molecular formula is C20H24ClN5O4. The van der Waals surface area contributed by atoms with Crippen molar-refractivity contribution in [2.24, 2.45) is 0 Å². The Balaban J connectivity index is 0.000000735. The molecule has 1 atom stereocenters.